The van der Waals surface area contributed by atoms with Gasteiger partial charge in [-0.1, -0.05) is 19.0 Å². The molecule has 0 spiro atoms. The number of hydrogen-bond donors (Lipinski definition) is 2. The van der Waals surface area contributed by atoms with Crippen molar-refractivity contribution in [2.45, 2.75) is 26.7 Å². The van der Waals surface area contributed by atoms with Crippen LogP contribution in [0.1, 0.15) is 32.4 Å². The molecule has 0 saturated carbocycles. The second kappa shape index (κ2) is 5.86. The van der Waals surface area contributed by atoms with Gasteiger partial charge in [0.25, 0.3) is 0 Å². The zero-order valence-corrected chi connectivity index (χ0v) is 11.5. The van der Waals surface area contributed by atoms with Crippen molar-refractivity contribution in [3.05, 3.63) is 18.0 Å². The van der Waals surface area contributed by atoms with E-state index in [1.165, 1.54) is 0 Å². The summed E-state index contributed by atoms with van der Waals surface area (Å²) in [5.74, 6) is 2.18. The molecule has 2 rings (SSSR count). The minimum Gasteiger partial charge on any atom is -0.409 e. The standard InChI is InChI=1S/C13H21N5O/c1-9(2)10-4-7-18(8-5-10)13-15-6-3-11(16-13)12(14)17-19/h3,6,9-10,19H,4-5,7-8H2,1-2H3,(H2,14,17). The SMILES string of the molecule is CC(C)C1CCN(c2nccc(/C(N)=N/O)n2)CC1. The quantitative estimate of drug-likeness (QED) is 0.373. The molecule has 3 N–H and O–H groups in total. The van der Waals surface area contributed by atoms with Gasteiger partial charge in [-0.2, -0.15) is 0 Å². The summed E-state index contributed by atoms with van der Waals surface area (Å²) in [6.45, 7) is 6.47. The molecule has 1 aromatic heterocycles. The van der Waals surface area contributed by atoms with Gasteiger partial charge in [0.1, 0.15) is 5.69 Å². The average molecular weight is 263 g/mol. The number of rotatable bonds is 3. The molecule has 0 aromatic carbocycles. The molecule has 6 nitrogen and oxygen atoms in total. The zero-order valence-electron chi connectivity index (χ0n) is 11.5. The van der Waals surface area contributed by atoms with E-state index in [0.29, 0.717) is 11.6 Å². The second-order valence-electron chi connectivity index (χ2n) is 5.30. The minimum atomic E-state index is 0.0146. The van der Waals surface area contributed by atoms with Crippen molar-refractivity contribution in [2.75, 3.05) is 18.0 Å². The van der Waals surface area contributed by atoms with E-state index in [1.807, 2.05) is 0 Å². The number of nitrogens with two attached hydrogens (primary N) is 1. The van der Waals surface area contributed by atoms with Crippen molar-refractivity contribution < 1.29 is 5.21 Å². The number of amidine groups is 1. The molecule has 0 unspecified atom stereocenters. The molecule has 0 radical (unpaired) electrons. The van der Waals surface area contributed by atoms with E-state index < -0.39 is 0 Å². The van der Waals surface area contributed by atoms with Crippen LogP contribution in [-0.2, 0) is 0 Å². The van der Waals surface area contributed by atoms with Crippen LogP contribution < -0.4 is 10.6 Å². The summed E-state index contributed by atoms with van der Waals surface area (Å²) < 4.78 is 0. The van der Waals surface area contributed by atoms with Crippen molar-refractivity contribution >= 4 is 11.8 Å². The van der Waals surface area contributed by atoms with Crippen molar-refractivity contribution in [1.82, 2.24) is 9.97 Å². The Bertz CT molecular complexity index is 452. The third-order valence-electron chi connectivity index (χ3n) is 3.78. The van der Waals surface area contributed by atoms with E-state index >= 15 is 0 Å². The lowest BCUT2D eigenvalue weighted by molar-refractivity contribution is 0.310. The molecule has 1 saturated heterocycles. The minimum absolute atomic E-state index is 0.0146. The number of aromatic nitrogens is 2. The van der Waals surface area contributed by atoms with E-state index in [0.717, 1.165) is 37.8 Å². The first-order chi connectivity index (χ1) is 9.11. The highest BCUT2D eigenvalue weighted by Crippen LogP contribution is 2.26. The highest BCUT2D eigenvalue weighted by Gasteiger charge is 2.23. The second-order valence-corrected chi connectivity index (χ2v) is 5.30. The first kappa shape index (κ1) is 13.6. The molecule has 104 valence electrons. The average Bonchev–Trinajstić information content (AvgIpc) is 2.46. The molecule has 0 bridgehead atoms. The number of anilines is 1. The van der Waals surface area contributed by atoms with Gasteiger partial charge < -0.3 is 15.8 Å². The van der Waals surface area contributed by atoms with E-state index in [1.54, 1.807) is 12.3 Å². The van der Waals surface area contributed by atoms with E-state index in [-0.39, 0.29) is 5.84 Å². The number of piperidine rings is 1. The summed E-state index contributed by atoms with van der Waals surface area (Å²) >= 11 is 0. The zero-order chi connectivity index (χ0) is 13.8. The summed E-state index contributed by atoms with van der Waals surface area (Å²) in [4.78, 5) is 10.8. The Balaban J connectivity index is 2.07. The molecular formula is C13H21N5O. The maximum atomic E-state index is 8.67. The van der Waals surface area contributed by atoms with E-state index in [2.05, 4.69) is 33.9 Å². The van der Waals surface area contributed by atoms with Crippen LogP contribution in [0.4, 0.5) is 5.95 Å². The van der Waals surface area contributed by atoms with E-state index in [4.69, 9.17) is 10.9 Å². The van der Waals surface area contributed by atoms with Gasteiger partial charge in [-0.3, -0.25) is 0 Å². The molecule has 1 aliphatic heterocycles. The highest BCUT2D eigenvalue weighted by molar-refractivity contribution is 5.95. The lowest BCUT2D eigenvalue weighted by atomic mass is 9.87. The summed E-state index contributed by atoms with van der Waals surface area (Å²) in [6, 6.07) is 1.64. The molecular weight excluding hydrogens is 242 g/mol. The Morgan fingerprint density at radius 2 is 2.16 bits per heavy atom. The number of nitrogens with zero attached hydrogens (tertiary/aromatic N) is 4. The topological polar surface area (TPSA) is 87.6 Å². The molecule has 6 heteroatoms. The number of hydrogen-bond acceptors (Lipinski definition) is 5. The molecule has 1 aromatic rings. The van der Waals surface area contributed by atoms with Crippen molar-refractivity contribution in [3.63, 3.8) is 0 Å². The normalized spacial score (nSPS) is 18.1. The highest BCUT2D eigenvalue weighted by atomic mass is 16.4. The van der Waals surface area contributed by atoms with Crippen molar-refractivity contribution in [2.24, 2.45) is 22.7 Å². The maximum Gasteiger partial charge on any atom is 0.225 e. The molecule has 1 aliphatic rings. The molecule has 1 fully saturated rings. The Labute approximate surface area is 113 Å². The molecule has 19 heavy (non-hydrogen) atoms. The van der Waals surface area contributed by atoms with Crippen LogP contribution in [0.5, 0.6) is 0 Å². The van der Waals surface area contributed by atoms with Crippen LogP contribution in [0, 0.1) is 11.8 Å². The van der Waals surface area contributed by atoms with Gasteiger partial charge in [0.05, 0.1) is 0 Å². The first-order valence-electron chi connectivity index (χ1n) is 6.67. The fourth-order valence-electron chi connectivity index (χ4n) is 2.46. The number of oxime groups is 1. The van der Waals surface area contributed by atoms with Crippen LogP contribution >= 0.6 is 0 Å². The predicted octanol–water partition coefficient (Wildman–Crippen LogP) is 1.44. The van der Waals surface area contributed by atoms with Crippen molar-refractivity contribution in [3.8, 4) is 0 Å². The van der Waals surface area contributed by atoms with Crippen molar-refractivity contribution in [1.29, 1.82) is 0 Å². The van der Waals surface area contributed by atoms with Crippen LogP contribution in [0.15, 0.2) is 17.4 Å². The third-order valence-corrected chi connectivity index (χ3v) is 3.78. The van der Waals surface area contributed by atoms with Gasteiger partial charge in [-0.05, 0) is 30.7 Å². The van der Waals surface area contributed by atoms with Gasteiger partial charge in [-0.25, -0.2) is 9.97 Å². The van der Waals surface area contributed by atoms with Gasteiger partial charge >= 0.3 is 0 Å². The summed E-state index contributed by atoms with van der Waals surface area (Å²) in [5.41, 5.74) is 6.00. The molecule has 0 atom stereocenters. The van der Waals surface area contributed by atoms with Gasteiger partial charge in [0.2, 0.25) is 5.95 Å². The Morgan fingerprint density at radius 1 is 1.47 bits per heavy atom. The molecule has 0 amide bonds. The summed E-state index contributed by atoms with van der Waals surface area (Å²) in [6.07, 6.45) is 3.97. The Hall–Kier alpha value is -1.85. The molecule has 2 heterocycles. The summed E-state index contributed by atoms with van der Waals surface area (Å²) in [5, 5.41) is 11.6. The lowest BCUT2D eigenvalue weighted by Gasteiger charge is -2.33. The first-order valence-corrected chi connectivity index (χ1v) is 6.67. The van der Waals surface area contributed by atoms with Crippen LogP contribution in [0.3, 0.4) is 0 Å². The summed E-state index contributed by atoms with van der Waals surface area (Å²) in [7, 11) is 0. The van der Waals surface area contributed by atoms with Crippen LogP contribution in [0.25, 0.3) is 0 Å². The smallest absolute Gasteiger partial charge is 0.225 e. The van der Waals surface area contributed by atoms with Gasteiger partial charge in [0.15, 0.2) is 5.84 Å². The Kier molecular flexibility index (Phi) is 4.19. The molecule has 0 aliphatic carbocycles. The van der Waals surface area contributed by atoms with Gasteiger partial charge in [0, 0.05) is 19.3 Å². The Morgan fingerprint density at radius 3 is 2.74 bits per heavy atom. The fourth-order valence-corrected chi connectivity index (χ4v) is 2.46. The van der Waals surface area contributed by atoms with Gasteiger partial charge in [-0.15, -0.1) is 0 Å². The lowest BCUT2D eigenvalue weighted by Crippen LogP contribution is -2.36. The predicted molar refractivity (Wildman–Crippen MR) is 74.3 cm³/mol. The largest absolute Gasteiger partial charge is 0.409 e. The fraction of sp³-hybridized carbons (Fsp3) is 0.615. The van der Waals surface area contributed by atoms with Crippen LogP contribution in [0.2, 0.25) is 0 Å². The maximum absolute atomic E-state index is 8.67. The van der Waals surface area contributed by atoms with E-state index in [9.17, 15) is 0 Å². The van der Waals surface area contributed by atoms with Crippen LogP contribution in [-0.4, -0.2) is 34.1 Å². The monoisotopic (exact) mass is 263 g/mol. The third kappa shape index (κ3) is 3.13.